The third-order valence-electron chi connectivity index (χ3n) is 3.75. The minimum atomic E-state index is -2.01. The van der Waals surface area contributed by atoms with Gasteiger partial charge in [0.25, 0.3) is 0 Å². The summed E-state index contributed by atoms with van der Waals surface area (Å²) in [5, 5.41) is 33.3. The molecule has 1 amide bonds. The molecule has 148 valence electrons. The van der Waals surface area contributed by atoms with Crippen LogP contribution in [0.4, 0.5) is 0 Å². The zero-order chi connectivity index (χ0) is 19.8. The zero-order valence-electron chi connectivity index (χ0n) is 15.0. The second-order valence-electron chi connectivity index (χ2n) is 6.68. The minimum absolute atomic E-state index is 0.0316. The van der Waals surface area contributed by atoms with Crippen LogP contribution in [0.1, 0.15) is 40.0 Å². The second kappa shape index (κ2) is 11.1. The first kappa shape index (κ1) is 24.2. The Morgan fingerprint density at radius 3 is 2.28 bits per heavy atom. The maximum Gasteiger partial charge on any atom is 0.217 e. The average Bonchev–Trinajstić information content (AvgIpc) is 2.47. The largest absolute Gasteiger partial charge is 0.394 e. The Morgan fingerprint density at radius 1 is 1.32 bits per heavy atom. The van der Waals surface area contributed by atoms with Crippen molar-refractivity contribution in [3.05, 3.63) is 0 Å². The van der Waals surface area contributed by atoms with Gasteiger partial charge >= 0.3 is 0 Å². The maximum atomic E-state index is 11.5. The Labute approximate surface area is 153 Å². The summed E-state index contributed by atoms with van der Waals surface area (Å²) >= 11 is 4.10. The van der Waals surface area contributed by atoms with Crippen molar-refractivity contribution in [1.82, 2.24) is 10.6 Å². The van der Waals surface area contributed by atoms with Crippen LogP contribution in [-0.4, -0.2) is 63.0 Å². The predicted octanol–water partition coefficient (Wildman–Crippen LogP) is -1.98. The smallest absolute Gasteiger partial charge is 0.217 e. The van der Waals surface area contributed by atoms with E-state index in [-0.39, 0.29) is 18.8 Å². The van der Waals surface area contributed by atoms with Gasteiger partial charge in [-0.25, -0.2) is 0 Å². The van der Waals surface area contributed by atoms with Crippen molar-refractivity contribution in [2.75, 3.05) is 6.61 Å². The number of ketones is 1. The number of rotatable bonds is 13. The van der Waals surface area contributed by atoms with Crippen LogP contribution in [0.15, 0.2) is 0 Å². The van der Waals surface area contributed by atoms with Crippen molar-refractivity contribution >= 4 is 24.3 Å². The molecule has 0 heterocycles. The van der Waals surface area contributed by atoms with Crippen molar-refractivity contribution in [1.29, 1.82) is 0 Å². The number of thiol groups is 1. The molecular formula is C15H32N4O5S. The van der Waals surface area contributed by atoms with Crippen LogP contribution >= 0.6 is 12.6 Å². The van der Waals surface area contributed by atoms with Crippen molar-refractivity contribution in [3.8, 4) is 0 Å². The lowest BCUT2D eigenvalue weighted by molar-refractivity contribution is -0.122. The molecule has 9 N–H and O–H groups in total. The summed E-state index contributed by atoms with van der Waals surface area (Å²) in [5.74, 6) is -0.747. The molecule has 0 aliphatic rings. The van der Waals surface area contributed by atoms with Gasteiger partial charge < -0.3 is 26.8 Å². The monoisotopic (exact) mass is 380 g/mol. The Morgan fingerprint density at radius 2 is 1.88 bits per heavy atom. The molecule has 0 aliphatic heterocycles. The van der Waals surface area contributed by atoms with Gasteiger partial charge in [-0.15, -0.1) is 12.6 Å². The van der Waals surface area contributed by atoms with E-state index in [0.29, 0.717) is 6.42 Å². The van der Waals surface area contributed by atoms with E-state index in [2.05, 4.69) is 23.3 Å². The predicted molar refractivity (Wildman–Crippen MR) is 97.4 cm³/mol. The summed E-state index contributed by atoms with van der Waals surface area (Å²) in [6.45, 7) is 4.60. The number of hydrogen-bond donors (Lipinski definition) is 8. The molecule has 0 aromatic rings. The van der Waals surface area contributed by atoms with E-state index in [1.54, 1.807) is 0 Å². The first-order valence-electron chi connectivity index (χ1n) is 8.22. The van der Waals surface area contributed by atoms with Crippen LogP contribution in [0.5, 0.6) is 0 Å². The minimum Gasteiger partial charge on any atom is -0.394 e. The summed E-state index contributed by atoms with van der Waals surface area (Å²) < 4.78 is 0. The number of primary amides is 1. The summed E-state index contributed by atoms with van der Waals surface area (Å²) in [4.78, 5) is 22.5. The number of aliphatic hydroxyl groups excluding tert-OH is 2. The lowest BCUT2D eigenvalue weighted by Crippen LogP contribution is -2.64. The topological polar surface area (TPSA) is 171 Å². The van der Waals surface area contributed by atoms with Gasteiger partial charge in [0.15, 0.2) is 5.06 Å². The first-order valence-corrected chi connectivity index (χ1v) is 8.67. The van der Waals surface area contributed by atoms with Crippen LogP contribution < -0.4 is 22.1 Å². The second-order valence-corrected chi connectivity index (χ2v) is 7.36. The van der Waals surface area contributed by atoms with Crippen molar-refractivity contribution in [3.63, 3.8) is 0 Å². The fourth-order valence-corrected chi connectivity index (χ4v) is 2.68. The zero-order valence-corrected chi connectivity index (χ0v) is 15.9. The van der Waals surface area contributed by atoms with E-state index in [1.165, 1.54) is 6.92 Å². The quantitative estimate of drug-likeness (QED) is 0.134. The standard InChI is InChI=1S/C15H32N4O5S/c1-8(2)6-10(16)14(23)18-12(4-5-13(17)22)15(24,25)19-11(7-20)9(3)21/h8,10-12,14,18-20,23-25H,4-7,16H2,1-3H3,(H2,17,22)/t10-,11-,12+,14?,15?/m0/s1. The number of aliphatic hydroxyl groups is 3. The summed E-state index contributed by atoms with van der Waals surface area (Å²) in [6, 6.07) is -2.63. The fraction of sp³-hybridized carbons (Fsp3) is 0.867. The number of hydrogen-bond acceptors (Lipinski definition) is 9. The Bertz CT molecular complexity index is 436. The highest BCUT2D eigenvalue weighted by Crippen LogP contribution is 2.19. The molecule has 9 nitrogen and oxygen atoms in total. The summed E-state index contributed by atoms with van der Waals surface area (Å²) in [5.41, 5.74) is 11.1. The lowest BCUT2D eigenvalue weighted by Gasteiger charge is -2.37. The Kier molecular flexibility index (Phi) is 10.7. The van der Waals surface area contributed by atoms with Gasteiger partial charge in [0.05, 0.1) is 18.7 Å². The molecule has 25 heavy (non-hydrogen) atoms. The van der Waals surface area contributed by atoms with Gasteiger partial charge in [-0.1, -0.05) is 13.8 Å². The molecule has 0 bridgehead atoms. The van der Waals surface area contributed by atoms with E-state index in [4.69, 9.17) is 11.5 Å². The van der Waals surface area contributed by atoms with E-state index in [1.807, 2.05) is 13.8 Å². The molecule has 10 heteroatoms. The highest BCUT2D eigenvalue weighted by atomic mass is 32.1. The Hall–Kier alpha value is -0.750. The van der Waals surface area contributed by atoms with Crippen molar-refractivity contribution in [2.45, 2.75) is 69.4 Å². The van der Waals surface area contributed by atoms with Crippen molar-refractivity contribution in [2.24, 2.45) is 17.4 Å². The third kappa shape index (κ3) is 9.50. The van der Waals surface area contributed by atoms with Crippen LogP contribution in [0, 0.1) is 5.92 Å². The summed E-state index contributed by atoms with van der Waals surface area (Å²) in [7, 11) is 0. The SMILES string of the molecule is CC(=O)[C@H](CO)NC(O)(S)[C@@H](CCC(N)=O)NC(O)[C@@H](N)CC(C)C. The third-order valence-corrected chi connectivity index (χ3v) is 4.19. The molecule has 0 spiro atoms. The van der Waals surface area contributed by atoms with Gasteiger partial charge in [-0.05, 0) is 25.7 Å². The van der Waals surface area contributed by atoms with Gasteiger partial charge in [-0.2, -0.15) is 0 Å². The average molecular weight is 381 g/mol. The number of nitrogens with two attached hydrogens (primary N) is 2. The Balaban J connectivity index is 5.17. The molecule has 0 fully saturated rings. The fourth-order valence-electron chi connectivity index (χ4n) is 2.32. The number of amides is 1. The molecule has 2 unspecified atom stereocenters. The molecule has 5 atom stereocenters. The molecule has 0 aromatic carbocycles. The van der Waals surface area contributed by atoms with Gasteiger partial charge in [0, 0.05) is 12.5 Å². The van der Waals surface area contributed by atoms with E-state index in [0.717, 1.165) is 0 Å². The number of Topliss-reactive ketones (excluding diaryl/α,β-unsaturated/α-hetero) is 1. The van der Waals surface area contributed by atoms with Crippen LogP contribution in [0.3, 0.4) is 0 Å². The van der Waals surface area contributed by atoms with Crippen LogP contribution in [0.25, 0.3) is 0 Å². The molecule has 0 aromatic heterocycles. The lowest BCUT2D eigenvalue weighted by atomic mass is 10.0. The molecular weight excluding hydrogens is 348 g/mol. The number of nitrogens with one attached hydrogen (secondary N) is 2. The summed E-state index contributed by atoms with van der Waals surface area (Å²) in [6.07, 6.45) is -0.699. The van der Waals surface area contributed by atoms with Crippen LogP contribution in [0.2, 0.25) is 0 Å². The number of carbonyl (C=O) groups excluding carboxylic acids is 2. The normalized spacial score (nSPS) is 19.1. The molecule has 0 radical (unpaired) electrons. The van der Waals surface area contributed by atoms with Crippen molar-refractivity contribution < 1.29 is 24.9 Å². The maximum absolute atomic E-state index is 11.5. The highest BCUT2D eigenvalue weighted by Gasteiger charge is 2.37. The van der Waals surface area contributed by atoms with E-state index >= 15 is 0 Å². The highest BCUT2D eigenvalue weighted by molar-refractivity contribution is 7.81. The van der Waals surface area contributed by atoms with Gasteiger partial charge in [0.1, 0.15) is 12.0 Å². The van der Waals surface area contributed by atoms with Gasteiger partial charge in [0.2, 0.25) is 5.91 Å². The first-order chi connectivity index (χ1) is 11.4. The van der Waals surface area contributed by atoms with E-state index < -0.39 is 47.7 Å². The van der Waals surface area contributed by atoms with Crippen LogP contribution in [-0.2, 0) is 9.59 Å². The number of carbonyl (C=O) groups is 2. The molecule has 0 saturated heterocycles. The van der Waals surface area contributed by atoms with Gasteiger partial charge in [-0.3, -0.25) is 20.2 Å². The molecule has 0 saturated carbocycles. The molecule has 0 aliphatic carbocycles. The molecule has 0 rings (SSSR count). The van der Waals surface area contributed by atoms with E-state index in [9.17, 15) is 24.9 Å².